The lowest BCUT2D eigenvalue weighted by Gasteiger charge is -2.37. The summed E-state index contributed by atoms with van der Waals surface area (Å²) in [7, 11) is 0. The molecule has 8 nitrogen and oxygen atoms in total. The number of pyridine rings is 1. The summed E-state index contributed by atoms with van der Waals surface area (Å²) in [5.74, 6) is -1.61. The highest BCUT2D eigenvalue weighted by Crippen LogP contribution is 2.39. The van der Waals surface area contributed by atoms with Gasteiger partial charge in [0.15, 0.2) is 11.6 Å². The second-order valence-electron chi connectivity index (χ2n) is 10.4. The first kappa shape index (κ1) is 29.6. The highest BCUT2D eigenvalue weighted by molar-refractivity contribution is 6.04. The number of carbonyl (C=O) groups is 2. The number of carbonyl (C=O) groups excluding carboxylic acids is 2. The van der Waals surface area contributed by atoms with Crippen LogP contribution in [-0.4, -0.2) is 53.7 Å². The number of hydrogen-bond acceptors (Lipinski definition) is 6. The normalized spacial score (nSPS) is 14.0. The largest absolute Gasteiger partial charge is 0.486 e. The van der Waals surface area contributed by atoms with Crippen LogP contribution in [0.1, 0.15) is 42.3 Å². The van der Waals surface area contributed by atoms with Crippen molar-refractivity contribution in [3.63, 3.8) is 0 Å². The van der Waals surface area contributed by atoms with Crippen molar-refractivity contribution in [2.45, 2.75) is 39.2 Å². The van der Waals surface area contributed by atoms with Crippen LogP contribution >= 0.6 is 0 Å². The predicted octanol–water partition coefficient (Wildman–Crippen LogP) is 6.13. The van der Waals surface area contributed by atoms with Gasteiger partial charge in [-0.05, 0) is 63.2 Å². The SMILES string of the molecule is CC(C)(C)OC(=O)N1CCN(c2ccc(NC(=O)c3ccc(F)c(OCc4cccnc4)c3)cc2C(F)(F)F)CC1. The summed E-state index contributed by atoms with van der Waals surface area (Å²) in [6.07, 6.45) is -2.09. The summed E-state index contributed by atoms with van der Waals surface area (Å²) in [6, 6.07) is 10.4. The molecule has 1 N–H and O–H groups in total. The summed E-state index contributed by atoms with van der Waals surface area (Å²) in [5.41, 5.74) is -1.06. The Morgan fingerprint density at radius 1 is 1.00 bits per heavy atom. The third-order valence-corrected chi connectivity index (χ3v) is 6.14. The molecule has 1 aromatic heterocycles. The van der Waals surface area contributed by atoms with Gasteiger partial charge in [-0.2, -0.15) is 13.2 Å². The molecule has 0 aliphatic carbocycles. The minimum absolute atomic E-state index is 0.00323. The van der Waals surface area contributed by atoms with E-state index in [1.807, 2.05) is 0 Å². The fraction of sp³-hybridized carbons (Fsp3) is 0.345. The van der Waals surface area contributed by atoms with Crippen LogP contribution in [0, 0.1) is 5.82 Å². The van der Waals surface area contributed by atoms with Crippen molar-refractivity contribution < 1.29 is 36.6 Å². The van der Waals surface area contributed by atoms with Gasteiger partial charge in [0.1, 0.15) is 12.2 Å². The third kappa shape index (κ3) is 7.86. The molecule has 0 saturated carbocycles. The molecule has 2 aromatic carbocycles. The van der Waals surface area contributed by atoms with Crippen molar-refractivity contribution in [1.82, 2.24) is 9.88 Å². The molecule has 1 aliphatic rings. The first-order valence-corrected chi connectivity index (χ1v) is 12.9. The lowest BCUT2D eigenvalue weighted by atomic mass is 10.1. The van der Waals surface area contributed by atoms with E-state index in [1.54, 1.807) is 50.2 Å². The Labute approximate surface area is 234 Å². The number of ether oxygens (including phenoxy) is 2. The molecule has 2 amide bonds. The van der Waals surface area contributed by atoms with Gasteiger partial charge in [-0.25, -0.2) is 9.18 Å². The molecule has 1 saturated heterocycles. The molecule has 1 fully saturated rings. The minimum Gasteiger partial charge on any atom is -0.486 e. The lowest BCUT2D eigenvalue weighted by Crippen LogP contribution is -2.50. The van der Waals surface area contributed by atoms with Gasteiger partial charge in [-0.1, -0.05) is 6.07 Å². The number of alkyl halides is 3. The van der Waals surface area contributed by atoms with Gasteiger partial charge in [0, 0.05) is 61.1 Å². The highest BCUT2D eigenvalue weighted by atomic mass is 19.4. The number of rotatable bonds is 6. The van der Waals surface area contributed by atoms with E-state index >= 15 is 0 Å². The molecule has 12 heteroatoms. The Kier molecular flexibility index (Phi) is 8.69. The van der Waals surface area contributed by atoms with Crippen molar-refractivity contribution in [3.05, 3.63) is 83.4 Å². The van der Waals surface area contributed by atoms with Crippen LogP contribution in [0.4, 0.5) is 33.7 Å². The summed E-state index contributed by atoms with van der Waals surface area (Å²) >= 11 is 0. The third-order valence-electron chi connectivity index (χ3n) is 6.14. The molecule has 218 valence electrons. The van der Waals surface area contributed by atoms with Gasteiger partial charge >= 0.3 is 12.3 Å². The van der Waals surface area contributed by atoms with E-state index in [-0.39, 0.29) is 55.5 Å². The van der Waals surface area contributed by atoms with Crippen LogP contribution in [-0.2, 0) is 17.5 Å². The molecule has 0 spiro atoms. The standard InChI is InChI=1S/C29H30F4N4O4/c1-28(2,3)41-27(39)37-13-11-36(12-14-37)24-9-7-21(16-22(24)29(31,32)33)35-26(38)20-6-8-23(30)25(15-20)40-18-19-5-4-10-34-17-19/h4-10,15-17H,11-14,18H2,1-3H3,(H,35,38). The fourth-order valence-electron chi connectivity index (χ4n) is 4.18. The molecule has 2 heterocycles. The number of amides is 2. The zero-order valence-corrected chi connectivity index (χ0v) is 22.8. The molecule has 0 radical (unpaired) electrons. The number of anilines is 2. The topological polar surface area (TPSA) is 84.0 Å². The zero-order chi connectivity index (χ0) is 29.8. The fourth-order valence-corrected chi connectivity index (χ4v) is 4.18. The van der Waals surface area contributed by atoms with Crippen LogP contribution in [0.15, 0.2) is 60.9 Å². The summed E-state index contributed by atoms with van der Waals surface area (Å²) in [4.78, 5) is 32.1. The van der Waals surface area contributed by atoms with Crippen molar-refractivity contribution in [2.24, 2.45) is 0 Å². The summed E-state index contributed by atoms with van der Waals surface area (Å²) in [6.45, 7) is 5.97. The Morgan fingerprint density at radius 2 is 1.73 bits per heavy atom. The van der Waals surface area contributed by atoms with Gasteiger partial charge in [0.05, 0.1) is 5.56 Å². The van der Waals surface area contributed by atoms with Gasteiger partial charge < -0.3 is 24.6 Å². The number of nitrogens with one attached hydrogen (secondary N) is 1. The average Bonchev–Trinajstić information content (AvgIpc) is 2.92. The van der Waals surface area contributed by atoms with Crippen molar-refractivity contribution in [1.29, 1.82) is 0 Å². The van der Waals surface area contributed by atoms with Gasteiger partial charge in [0.25, 0.3) is 5.91 Å². The van der Waals surface area contributed by atoms with Crippen molar-refractivity contribution in [2.75, 3.05) is 36.4 Å². The number of aromatic nitrogens is 1. The van der Waals surface area contributed by atoms with Crippen LogP contribution in [0.3, 0.4) is 0 Å². The molecular formula is C29H30F4N4O4. The Balaban J connectivity index is 1.46. The number of piperazine rings is 1. The van der Waals surface area contributed by atoms with Crippen LogP contribution < -0.4 is 15.0 Å². The number of benzene rings is 2. The second-order valence-corrected chi connectivity index (χ2v) is 10.4. The number of halogens is 4. The maximum atomic E-state index is 14.3. The number of nitrogens with zero attached hydrogens (tertiary/aromatic N) is 3. The van der Waals surface area contributed by atoms with E-state index in [9.17, 15) is 27.2 Å². The molecular weight excluding hydrogens is 544 g/mol. The minimum atomic E-state index is -4.71. The maximum absolute atomic E-state index is 14.3. The van der Waals surface area contributed by atoms with Gasteiger partial charge in [-0.15, -0.1) is 0 Å². The van der Waals surface area contributed by atoms with Crippen LogP contribution in [0.5, 0.6) is 5.75 Å². The number of hydrogen-bond donors (Lipinski definition) is 1. The quantitative estimate of drug-likeness (QED) is 0.357. The lowest BCUT2D eigenvalue weighted by molar-refractivity contribution is -0.137. The second kappa shape index (κ2) is 12.0. The maximum Gasteiger partial charge on any atom is 0.418 e. The highest BCUT2D eigenvalue weighted by Gasteiger charge is 2.36. The van der Waals surface area contributed by atoms with E-state index < -0.39 is 35.2 Å². The van der Waals surface area contributed by atoms with E-state index in [4.69, 9.17) is 9.47 Å². The first-order valence-electron chi connectivity index (χ1n) is 12.9. The van der Waals surface area contributed by atoms with E-state index in [0.29, 0.717) is 5.56 Å². The van der Waals surface area contributed by atoms with E-state index in [0.717, 1.165) is 12.1 Å². The average molecular weight is 575 g/mol. The van der Waals surface area contributed by atoms with Crippen molar-refractivity contribution >= 4 is 23.4 Å². The van der Waals surface area contributed by atoms with Gasteiger partial charge in [0.2, 0.25) is 0 Å². The Morgan fingerprint density at radius 3 is 2.37 bits per heavy atom. The Hall–Kier alpha value is -4.35. The monoisotopic (exact) mass is 574 g/mol. The van der Waals surface area contributed by atoms with Crippen molar-refractivity contribution in [3.8, 4) is 5.75 Å². The molecule has 0 bridgehead atoms. The molecule has 0 atom stereocenters. The summed E-state index contributed by atoms with van der Waals surface area (Å²) < 4.78 is 67.3. The first-order chi connectivity index (χ1) is 19.3. The predicted molar refractivity (Wildman–Crippen MR) is 144 cm³/mol. The molecule has 3 aromatic rings. The molecule has 0 unspecified atom stereocenters. The summed E-state index contributed by atoms with van der Waals surface area (Å²) in [5, 5.41) is 2.45. The zero-order valence-electron chi connectivity index (χ0n) is 22.8. The molecule has 1 aliphatic heterocycles. The van der Waals surface area contributed by atoms with E-state index in [1.165, 1.54) is 29.2 Å². The molecule has 41 heavy (non-hydrogen) atoms. The smallest absolute Gasteiger partial charge is 0.418 e. The molecule has 4 rings (SSSR count). The van der Waals surface area contributed by atoms with Crippen LogP contribution in [0.2, 0.25) is 0 Å². The Bertz CT molecular complexity index is 1390. The van der Waals surface area contributed by atoms with Crippen LogP contribution in [0.25, 0.3) is 0 Å². The van der Waals surface area contributed by atoms with E-state index in [2.05, 4.69) is 10.3 Å². The van der Waals surface area contributed by atoms with Gasteiger partial charge in [-0.3, -0.25) is 9.78 Å².